The van der Waals surface area contributed by atoms with Crippen molar-refractivity contribution in [3.05, 3.63) is 23.8 Å². The third-order valence-electron chi connectivity index (χ3n) is 3.96. The van der Waals surface area contributed by atoms with Crippen LogP contribution in [0.4, 0.5) is 5.69 Å². The zero-order valence-electron chi connectivity index (χ0n) is 13.1. The fraction of sp³-hybridized carbons (Fsp3) is 0.500. The van der Waals surface area contributed by atoms with Gasteiger partial charge in [0, 0.05) is 5.56 Å². The number of nitrogens with one attached hydrogen (secondary N) is 1. The predicted molar refractivity (Wildman–Crippen MR) is 83.7 cm³/mol. The highest BCUT2D eigenvalue weighted by atomic mass is 16.5. The van der Waals surface area contributed by atoms with Crippen LogP contribution in [-0.2, 0) is 4.79 Å². The third-order valence-corrected chi connectivity index (χ3v) is 3.96. The van der Waals surface area contributed by atoms with Crippen molar-refractivity contribution in [2.45, 2.75) is 32.4 Å². The molecule has 1 aliphatic heterocycles. The first-order valence-corrected chi connectivity index (χ1v) is 7.43. The molecular formula is C16H22N2O4. The molecule has 2 rings (SSSR count). The lowest BCUT2D eigenvalue weighted by molar-refractivity contribution is -0.138. The van der Waals surface area contributed by atoms with Gasteiger partial charge in [0.1, 0.15) is 11.9 Å². The summed E-state index contributed by atoms with van der Waals surface area (Å²) in [7, 11) is 1.63. The fourth-order valence-electron chi connectivity index (χ4n) is 2.39. The van der Waals surface area contributed by atoms with Gasteiger partial charge in [-0.15, -0.1) is 0 Å². The van der Waals surface area contributed by atoms with Crippen LogP contribution < -0.4 is 10.1 Å². The van der Waals surface area contributed by atoms with Crippen molar-refractivity contribution in [3.8, 4) is 5.75 Å². The summed E-state index contributed by atoms with van der Waals surface area (Å²) in [4.78, 5) is 24.7. The first-order chi connectivity index (χ1) is 10.4. The molecule has 0 radical (unpaired) electrons. The highest BCUT2D eigenvalue weighted by molar-refractivity contribution is 6.01. The average molecular weight is 306 g/mol. The second-order valence-electron chi connectivity index (χ2n) is 5.59. The summed E-state index contributed by atoms with van der Waals surface area (Å²) in [6, 6.07) is 4.80. The SMILES string of the molecule is CCC1CNc2cc(C(=O)C(C)N(C)CC(=O)O)ccc2O1. The molecule has 120 valence electrons. The van der Waals surface area contributed by atoms with E-state index >= 15 is 0 Å². The molecular weight excluding hydrogens is 284 g/mol. The molecule has 0 aliphatic carbocycles. The van der Waals surface area contributed by atoms with E-state index in [2.05, 4.69) is 12.2 Å². The molecule has 1 aromatic rings. The number of aliphatic carboxylic acids is 1. The number of nitrogens with zero attached hydrogens (tertiary/aromatic N) is 1. The van der Waals surface area contributed by atoms with Crippen molar-refractivity contribution in [2.24, 2.45) is 0 Å². The minimum Gasteiger partial charge on any atom is -0.486 e. The molecule has 6 nitrogen and oxygen atoms in total. The van der Waals surface area contributed by atoms with Gasteiger partial charge in [-0.1, -0.05) is 6.92 Å². The summed E-state index contributed by atoms with van der Waals surface area (Å²) in [6.07, 6.45) is 1.07. The van der Waals surface area contributed by atoms with Crippen LogP contribution in [0.2, 0.25) is 0 Å². The van der Waals surface area contributed by atoms with Gasteiger partial charge in [0.2, 0.25) is 0 Å². The zero-order chi connectivity index (χ0) is 16.3. The smallest absolute Gasteiger partial charge is 0.317 e. The van der Waals surface area contributed by atoms with E-state index in [0.717, 1.165) is 24.4 Å². The minimum atomic E-state index is -0.951. The van der Waals surface area contributed by atoms with Gasteiger partial charge < -0.3 is 15.2 Å². The Morgan fingerprint density at radius 2 is 2.23 bits per heavy atom. The average Bonchev–Trinajstić information content (AvgIpc) is 2.51. The lowest BCUT2D eigenvalue weighted by atomic mass is 10.0. The largest absolute Gasteiger partial charge is 0.486 e. The number of carbonyl (C=O) groups is 2. The number of ether oxygens (including phenoxy) is 1. The van der Waals surface area contributed by atoms with Gasteiger partial charge in [-0.3, -0.25) is 14.5 Å². The van der Waals surface area contributed by atoms with E-state index in [0.29, 0.717) is 5.56 Å². The Morgan fingerprint density at radius 1 is 1.50 bits per heavy atom. The van der Waals surface area contributed by atoms with Crippen LogP contribution in [0.3, 0.4) is 0 Å². The fourth-order valence-corrected chi connectivity index (χ4v) is 2.39. The van der Waals surface area contributed by atoms with Gasteiger partial charge >= 0.3 is 5.97 Å². The van der Waals surface area contributed by atoms with Crippen LogP contribution in [0.5, 0.6) is 5.75 Å². The van der Waals surface area contributed by atoms with Gasteiger partial charge in [-0.05, 0) is 38.6 Å². The number of rotatable bonds is 6. The Bertz CT molecular complexity index is 573. The number of Topliss-reactive ketones (excluding diaryl/α,β-unsaturated/α-hetero) is 1. The summed E-state index contributed by atoms with van der Waals surface area (Å²) in [5.41, 5.74) is 1.36. The van der Waals surface area contributed by atoms with Crippen molar-refractivity contribution in [2.75, 3.05) is 25.5 Å². The number of hydrogen-bond donors (Lipinski definition) is 2. The van der Waals surface area contributed by atoms with Crippen LogP contribution in [0.25, 0.3) is 0 Å². The van der Waals surface area contributed by atoms with Gasteiger partial charge in [0.25, 0.3) is 0 Å². The lowest BCUT2D eigenvalue weighted by Crippen LogP contribution is -2.39. The molecule has 22 heavy (non-hydrogen) atoms. The molecule has 0 spiro atoms. The molecule has 0 saturated carbocycles. The summed E-state index contributed by atoms with van der Waals surface area (Å²) >= 11 is 0. The number of benzene rings is 1. The Morgan fingerprint density at radius 3 is 2.86 bits per heavy atom. The number of ketones is 1. The van der Waals surface area contributed by atoms with E-state index in [9.17, 15) is 9.59 Å². The Balaban J connectivity index is 2.13. The molecule has 2 unspecified atom stereocenters. The van der Waals surface area contributed by atoms with Crippen LogP contribution in [0, 0.1) is 0 Å². The highest BCUT2D eigenvalue weighted by Gasteiger charge is 2.24. The third kappa shape index (κ3) is 3.57. The Hall–Kier alpha value is -2.08. The Labute approximate surface area is 130 Å². The minimum absolute atomic E-state index is 0.106. The number of hydrogen-bond acceptors (Lipinski definition) is 5. The zero-order valence-corrected chi connectivity index (χ0v) is 13.1. The number of fused-ring (bicyclic) bond motifs is 1. The van der Waals surface area contributed by atoms with E-state index in [1.165, 1.54) is 4.90 Å². The monoisotopic (exact) mass is 306 g/mol. The number of carboxylic acid groups (broad SMARTS) is 1. The molecule has 2 N–H and O–H groups in total. The molecule has 0 amide bonds. The second kappa shape index (κ2) is 6.79. The van der Waals surface area contributed by atoms with Crippen molar-refractivity contribution in [1.29, 1.82) is 0 Å². The summed E-state index contributed by atoms with van der Waals surface area (Å²) in [5.74, 6) is -0.305. The van der Waals surface area contributed by atoms with Crippen LogP contribution in [0.1, 0.15) is 30.6 Å². The second-order valence-corrected chi connectivity index (χ2v) is 5.59. The van der Waals surface area contributed by atoms with E-state index in [4.69, 9.17) is 9.84 Å². The van der Waals surface area contributed by atoms with Crippen LogP contribution in [-0.4, -0.2) is 54.0 Å². The van der Waals surface area contributed by atoms with E-state index in [1.807, 2.05) is 0 Å². The van der Waals surface area contributed by atoms with E-state index < -0.39 is 12.0 Å². The van der Waals surface area contributed by atoms with Crippen LogP contribution >= 0.6 is 0 Å². The van der Waals surface area contributed by atoms with Crippen molar-refractivity contribution in [1.82, 2.24) is 4.90 Å². The normalized spacial score (nSPS) is 18.1. The molecule has 1 aliphatic rings. The van der Waals surface area contributed by atoms with Crippen LogP contribution in [0.15, 0.2) is 18.2 Å². The maximum absolute atomic E-state index is 12.5. The van der Waals surface area contributed by atoms with Crippen molar-refractivity contribution >= 4 is 17.4 Å². The lowest BCUT2D eigenvalue weighted by Gasteiger charge is -2.27. The molecule has 0 aromatic heterocycles. The number of likely N-dealkylation sites (N-methyl/N-ethyl adjacent to an activating group) is 1. The highest BCUT2D eigenvalue weighted by Crippen LogP contribution is 2.31. The molecule has 1 aromatic carbocycles. The van der Waals surface area contributed by atoms with Gasteiger partial charge in [-0.25, -0.2) is 0 Å². The van der Waals surface area contributed by atoms with Crippen molar-refractivity contribution < 1.29 is 19.4 Å². The molecule has 6 heteroatoms. The van der Waals surface area contributed by atoms with Gasteiger partial charge in [-0.2, -0.15) is 0 Å². The molecule has 1 heterocycles. The summed E-state index contributed by atoms with van der Waals surface area (Å²) < 4.78 is 5.81. The van der Waals surface area contributed by atoms with Gasteiger partial charge in [0.05, 0.1) is 24.8 Å². The molecule has 0 fully saturated rings. The van der Waals surface area contributed by atoms with E-state index in [1.54, 1.807) is 32.2 Å². The molecule has 2 atom stereocenters. The maximum Gasteiger partial charge on any atom is 0.317 e. The maximum atomic E-state index is 12.5. The topological polar surface area (TPSA) is 78.9 Å². The van der Waals surface area contributed by atoms with Crippen molar-refractivity contribution in [3.63, 3.8) is 0 Å². The van der Waals surface area contributed by atoms with E-state index in [-0.39, 0.29) is 18.4 Å². The standard InChI is InChI=1S/C16H22N2O4/c1-4-12-8-17-13-7-11(5-6-14(13)22-12)16(21)10(2)18(3)9-15(19)20/h5-7,10,12,17H,4,8-9H2,1-3H3,(H,19,20). The summed E-state index contributed by atoms with van der Waals surface area (Å²) in [5, 5.41) is 12.1. The molecule has 0 bridgehead atoms. The molecule has 0 saturated heterocycles. The number of carboxylic acids is 1. The van der Waals surface area contributed by atoms with Gasteiger partial charge in [0.15, 0.2) is 5.78 Å². The quantitative estimate of drug-likeness (QED) is 0.781. The number of anilines is 1. The Kier molecular flexibility index (Phi) is 5.03. The number of carbonyl (C=O) groups excluding carboxylic acids is 1. The predicted octanol–water partition coefficient (Wildman–Crippen LogP) is 1.86. The first kappa shape index (κ1) is 16.3. The summed E-state index contributed by atoms with van der Waals surface area (Å²) in [6.45, 7) is 4.32. The first-order valence-electron chi connectivity index (χ1n) is 7.43.